The van der Waals surface area contributed by atoms with Crippen molar-refractivity contribution in [2.75, 3.05) is 70.7 Å². The minimum atomic E-state index is -0.134. The minimum Gasteiger partial charge on any atom is -0.477 e. The molecule has 2 fully saturated rings. The molecule has 2 aliphatic rings. The predicted octanol–water partition coefficient (Wildman–Crippen LogP) is 2.09. The van der Waals surface area contributed by atoms with Crippen LogP contribution < -0.4 is 15.2 Å². The normalized spacial score (nSPS) is 16.8. The molecule has 1 aromatic carbocycles. The van der Waals surface area contributed by atoms with Crippen molar-refractivity contribution in [1.82, 2.24) is 14.9 Å². The van der Waals surface area contributed by atoms with Crippen molar-refractivity contribution in [3.05, 3.63) is 58.5 Å². The van der Waals surface area contributed by atoms with E-state index < -0.39 is 0 Å². The molecule has 0 bridgehead atoms. The molecule has 3 aromatic rings. The number of pyridine rings is 1. The molecule has 176 valence electrons. The summed E-state index contributed by atoms with van der Waals surface area (Å²) in [6.45, 7) is 7.83. The van der Waals surface area contributed by atoms with Gasteiger partial charge in [-0.05, 0) is 6.07 Å². The molecule has 0 unspecified atom stereocenters. The summed E-state index contributed by atoms with van der Waals surface area (Å²) in [6, 6.07) is 11.5. The lowest BCUT2D eigenvalue weighted by Gasteiger charge is -2.29. The van der Waals surface area contributed by atoms with Crippen molar-refractivity contribution in [1.29, 1.82) is 5.41 Å². The van der Waals surface area contributed by atoms with Gasteiger partial charge in [0.25, 0.3) is 5.56 Å². The van der Waals surface area contributed by atoms with Crippen molar-refractivity contribution in [2.45, 2.75) is 0 Å². The van der Waals surface area contributed by atoms with Crippen molar-refractivity contribution in [3.8, 4) is 5.88 Å². The highest BCUT2D eigenvalue weighted by molar-refractivity contribution is 5.97. The minimum absolute atomic E-state index is 0.134. The number of H-pyrrole nitrogens is 2. The summed E-state index contributed by atoms with van der Waals surface area (Å²) in [4.78, 5) is 22.1. The Bertz CT molecular complexity index is 1080. The summed E-state index contributed by atoms with van der Waals surface area (Å²) in [5.74, 6) is 0.530. The molecule has 33 heavy (non-hydrogen) atoms. The first-order chi connectivity index (χ1) is 16.2. The van der Waals surface area contributed by atoms with E-state index in [1.165, 1.54) is 6.21 Å². The molecular formula is C24H31N5O4. The topological polar surface area (TPSA) is 107 Å². The lowest BCUT2D eigenvalue weighted by atomic mass is 10.2. The Morgan fingerprint density at radius 2 is 1.76 bits per heavy atom. The van der Waals surface area contributed by atoms with Crippen LogP contribution in [0.5, 0.6) is 5.88 Å². The van der Waals surface area contributed by atoms with Gasteiger partial charge in [-0.2, -0.15) is 0 Å². The lowest BCUT2D eigenvalue weighted by molar-refractivity contribution is 0.0320. The highest BCUT2D eigenvalue weighted by Crippen LogP contribution is 2.18. The fraction of sp³-hybridized carbons (Fsp3) is 0.417. The number of hydrogen-bond donors (Lipinski definition) is 3. The molecule has 0 spiro atoms. The van der Waals surface area contributed by atoms with Crippen LogP contribution in [-0.2, 0) is 9.47 Å². The number of rotatable bonds is 6. The van der Waals surface area contributed by atoms with E-state index in [1.807, 2.05) is 36.5 Å². The van der Waals surface area contributed by atoms with Crippen molar-refractivity contribution in [2.24, 2.45) is 0 Å². The maximum atomic E-state index is 11.8. The second-order valence-electron chi connectivity index (χ2n) is 7.90. The van der Waals surface area contributed by atoms with Crippen LogP contribution in [0.1, 0.15) is 5.56 Å². The summed E-state index contributed by atoms with van der Waals surface area (Å²) in [5.41, 5.74) is 2.80. The van der Waals surface area contributed by atoms with Gasteiger partial charge in [0.2, 0.25) is 0 Å². The molecule has 0 radical (unpaired) electrons. The van der Waals surface area contributed by atoms with Gasteiger partial charge in [-0.1, -0.05) is 18.2 Å². The molecule has 3 N–H and O–H groups in total. The van der Waals surface area contributed by atoms with Gasteiger partial charge in [0.1, 0.15) is 6.61 Å². The average molecular weight is 454 g/mol. The first-order valence-corrected chi connectivity index (χ1v) is 11.3. The molecule has 0 saturated carbocycles. The quantitative estimate of drug-likeness (QED) is 0.494. The number of nitrogens with one attached hydrogen (secondary N) is 3. The SMILES string of the molecule is N=Cc1c[nH]c2ccccc12.O=c1cc(N2CCOCC2)cc(OCCN2CCOCC2)[nH]1. The number of benzene rings is 1. The zero-order valence-electron chi connectivity index (χ0n) is 18.7. The number of nitrogens with zero attached hydrogens (tertiary/aromatic N) is 2. The maximum absolute atomic E-state index is 11.8. The van der Waals surface area contributed by atoms with E-state index in [2.05, 4.69) is 19.8 Å². The average Bonchev–Trinajstić information content (AvgIpc) is 3.29. The number of para-hydroxylation sites is 1. The smallest absolute Gasteiger partial charge is 0.252 e. The monoisotopic (exact) mass is 453 g/mol. The molecule has 9 heteroatoms. The number of anilines is 1. The summed E-state index contributed by atoms with van der Waals surface area (Å²) in [7, 11) is 0. The summed E-state index contributed by atoms with van der Waals surface area (Å²) in [6.07, 6.45) is 3.20. The molecule has 5 rings (SSSR count). The molecule has 2 saturated heterocycles. The molecule has 9 nitrogen and oxygen atoms in total. The van der Waals surface area contributed by atoms with E-state index in [9.17, 15) is 4.79 Å². The van der Waals surface area contributed by atoms with Gasteiger partial charge in [0.05, 0.1) is 26.4 Å². The fourth-order valence-corrected chi connectivity index (χ4v) is 3.91. The Morgan fingerprint density at radius 1 is 1.03 bits per heavy atom. The van der Waals surface area contributed by atoms with E-state index in [1.54, 1.807) is 6.07 Å². The third kappa shape index (κ3) is 6.44. The second-order valence-corrected chi connectivity index (χ2v) is 7.90. The third-order valence-corrected chi connectivity index (χ3v) is 5.73. The Morgan fingerprint density at radius 3 is 2.52 bits per heavy atom. The Labute approximate surface area is 192 Å². The largest absolute Gasteiger partial charge is 0.477 e. The number of morpholine rings is 2. The maximum Gasteiger partial charge on any atom is 0.252 e. The van der Waals surface area contributed by atoms with Crippen LogP contribution in [0.2, 0.25) is 0 Å². The number of aromatic nitrogens is 2. The number of fused-ring (bicyclic) bond motifs is 1. The van der Waals surface area contributed by atoms with Crippen molar-refractivity contribution >= 4 is 22.8 Å². The zero-order chi connectivity index (χ0) is 22.9. The van der Waals surface area contributed by atoms with Gasteiger partial charge < -0.3 is 29.5 Å². The van der Waals surface area contributed by atoms with Crippen LogP contribution in [0.25, 0.3) is 10.9 Å². The highest BCUT2D eigenvalue weighted by Gasteiger charge is 2.14. The van der Waals surface area contributed by atoms with Crippen molar-refractivity contribution < 1.29 is 14.2 Å². The number of ether oxygens (including phenoxy) is 3. The third-order valence-electron chi connectivity index (χ3n) is 5.73. The summed E-state index contributed by atoms with van der Waals surface area (Å²) in [5, 5.41) is 8.21. The zero-order valence-corrected chi connectivity index (χ0v) is 18.7. The van der Waals surface area contributed by atoms with Crippen LogP contribution in [0, 0.1) is 5.41 Å². The number of aromatic amines is 2. The van der Waals surface area contributed by atoms with Gasteiger partial charge >= 0.3 is 0 Å². The molecule has 2 aromatic heterocycles. The molecular weight excluding hydrogens is 422 g/mol. The molecule has 0 aliphatic carbocycles. The van der Waals surface area contributed by atoms with Crippen LogP contribution in [0.4, 0.5) is 5.69 Å². The second kappa shape index (κ2) is 11.6. The van der Waals surface area contributed by atoms with Gasteiger partial charge in [-0.25, -0.2) is 0 Å². The Kier molecular flexibility index (Phi) is 8.13. The molecule has 4 heterocycles. The summed E-state index contributed by atoms with van der Waals surface area (Å²) < 4.78 is 16.4. The van der Waals surface area contributed by atoms with Gasteiger partial charge in [-0.15, -0.1) is 0 Å². The molecule has 2 aliphatic heterocycles. The van der Waals surface area contributed by atoms with E-state index >= 15 is 0 Å². The standard InChI is InChI=1S/C15H23N3O4.C9H8N2/c19-14-11-13(18-4-8-21-9-5-18)12-15(16-14)22-10-3-17-1-6-20-7-2-17;10-5-7-6-11-9-4-2-1-3-8(7)9/h11-12H,1-10H2,(H,16,19);1-6,10-11H. The van der Waals surface area contributed by atoms with Crippen LogP contribution in [-0.4, -0.2) is 86.8 Å². The van der Waals surface area contributed by atoms with Crippen LogP contribution >= 0.6 is 0 Å². The van der Waals surface area contributed by atoms with Gasteiger partial charge in [0.15, 0.2) is 5.88 Å². The van der Waals surface area contributed by atoms with Crippen molar-refractivity contribution in [3.63, 3.8) is 0 Å². The molecule has 0 atom stereocenters. The Hall–Kier alpha value is -3.14. The first-order valence-electron chi connectivity index (χ1n) is 11.3. The molecule has 0 amide bonds. The van der Waals surface area contributed by atoms with Crippen LogP contribution in [0.3, 0.4) is 0 Å². The highest BCUT2D eigenvalue weighted by atomic mass is 16.5. The first kappa shape index (κ1) is 23.0. The fourth-order valence-electron chi connectivity index (χ4n) is 3.91. The van der Waals surface area contributed by atoms with Crippen LogP contribution in [0.15, 0.2) is 47.4 Å². The van der Waals surface area contributed by atoms with Gasteiger partial charge in [0, 0.05) is 79.4 Å². The Balaban J connectivity index is 0.000000196. The van der Waals surface area contributed by atoms with E-state index in [-0.39, 0.29) is 5.56 Å². The number of hydrogen-bond acceptors (Lipinski definition) is 7. The van der Waals surface area contributed by atoms with E-state index in [0.29, 0.717) is 25.7 Å². The van der Waals surface area contributed by atoms with E-state index in [0.717, 1.165) is 68.1 Å². The predicted molar refractivity (Wildman–Crippen MR) is 129 cm³/mol. The van der Waals surface area contributed by atoms with Gasteiger partial charge in [-0.3, -0.25) is 14.7 Å². The lowest BCUT2D eigenvalue weighted by Crippen LogP contribution is -2.38. The van der Waals surface area contributed by atoms with E-state index in [4.69, 9.17) is 19.6 Å². The summed E-state index contributed by atoms with van der Waals surface area (Å²) >= 11 is 0.